The van der Waals surface area contributed by atoms with Gasteiger partial charge in [-0.1, -0.05) is 60.7 Å². The van der Waals surface area contributed by atoms with E-state index in [1.165, 1.54) is 0 Å². The number of rotatable bonds is 3. The molecule has 4 rings (SSSR count). The zero-order chi connectivity index (χ0) is 17.9. The van der Waals surface area contributed by atoms with E-state index in [1.807, 2.05) is 60.7 Å². The van der Waals surface area contributed by atoms with Crippen LogP contribution in [0.25, 0.3) is 21.5 Å². The molecule has 3 N–H and O–H groups in total. The molecule has 4 heteroatoms. The van der Waals surface area contributed by atoms with Gasteiger partial charge in [-0.3, -0.25) is 0 Å². The van der Waals surface area contributed by atoms with Gasteiger partial charge in [0.15, 0.2) is 5.96 Å². The SMILES string of the molecule is COc1ccc(N=C(N)Nc2cccc3ccccc23)c2ccccc12. The van der Waals surface area contributed by atoms with Crippen molar-refractivity contribution >= 4 is 38.9 Å². The summed E-state index contributed by atoms with van der Waals surface area (Å²) in [6, 6.07) is 26.1. The Bertz CT molecular complexity index is 1110. The lowest BCUT2D eigenvalue weighted by molar-refractivity contribution is 0.420. The van der Waals surface area contributed by atoms with Crippen LogP contribution < -0.4 is 15.8 Å². The molecule has 0 aliphatic rings. The molecule has 4 aromatic rings. The molecule has 4 aromatic carbocycles. The summed E-state index contributed by atoms with van der Waals surface area (Å²) in [5.41, 5.74) is 7.93. The molecule has 0 radical (unpaired) electrons. The maximum atomic E-state index is 6.20. The molecule has 128 valence electrons. The second-order valence-electron chi connectivity index (χ2n) is 5.98. The molecule has 0 aliphatic carbocycles. The second kappa shape index (κ2) is 6.76. The Labute approximate surface area is 151 Å². The average Bonchev–Trinajstić information content (AvgIpc) is 2.68. The number of nitrogens with zero attached hydrogens (tertiary/aromatic N) is 1. The number of nitrogens with one attached hydrogen (secondary N) is 1. The van der Waals surface area contributed by atoms with E-state index in [0.29, 0.717) is 5.96 Å². The lowest BCUT2D eigenvalue weighted by Crippen LogP contribution is -2.22. The minimum atomic E-state index is 0.344. The number of anilines is 1. The topological polar surface area (TPSA) is 59.6 Å². The molecule has 0 bridgehead atoms. The highest BCUT2D eigenvalue weighted by atomic mass is 16.5. The molecule has 0 fully saturated rings. The van der Waals surface area contributed by atoms with E-state index in [1.54, 1.807) is 7.11 Å². The predicted octanol–water partition coefficient (Wildman–Crippen LogP) is 5.06. The van der Waals surface area contributed by atoms with Crippen molar-refractivity contribution in [2.45, 2.75) is 0 Å². The van der Waals surface area contributed by atoms with Crippen molar-refractivity contribution < 1.29 is 4.74 Å². The molecule has 4 nitrogen and oxygen atoms in total. The monoisotopic (exact) mass is 341 g/mol. The van der Waals surface area contributed by atoms with Gasteiger partial charge in [0.05, 0.1) is 12.8 Å². The van der Waals surface area contributed by atoms with E-state index >= 15 is 0 Å². The number of hydrogen-bond acceptors (Lipinski definition) is 2. The second-order valence-corrected chi connectivity index (χ2v) is 5.98. The fourth-order valence-electron chi connectivity index (χ4n) is 3.16. The summed E-state index contributed by atoms with van der Waals surface area (Å²) in [4.78, 5) is 4.59. The van der Waals surface area contributed by atoms with E-state index in [9.17, 15) is 0 Å². The third-order valence-corrected chi connectivity index (χ3v) is 4.37. The van der Waals surface area contributed by atoms with Crippen LogP contribution in [0.2, 0.25) is 0 Å². The van der Waals surface area contributed by atoms with Crippen LogP contribution in [0, 0.1) is 0 Å². The fraction of sp³-hybridized carbons (Fsp3) is 0.0455. The number of fused-ring (bicyclic) bond motifs is 2. The highest BCUT2D eigenvalue weighted by molar-refractivity contribution is 6.05. The predicted molar refractivity (Wildman–Crippen MR) is 109 cm³/mol. The van der Waals surface area contributed by atoms with E-state index in [-0.39, 0.29) is 0 Å². The van der Waals surface area contributed by atoms with Crippen molar-refractivity contribution in [3.63, 3.8) is 0 Å². The molecule has 0 aromatic heterocycles. The highest BCUT2D eigenvalue weighted by Crippen LogP contribution is 2.33. The van der Waals surface area contributed by atoms with Gasteiger partial charge < -0.3 is 15.8 Å². The van der Waals surface area contributed by atoms with Crippen LogP contribution in [0.15, 0.2) is 83.9 Å². The maximum Gasteiger partial charge on any atom is 0.198 e. The van der Waals surface area contributed by atoms with Gasteiger partial charge in [-0.05, 0) is 23.6 Å². The first-order chi connectivity index (χ1) is 12.8. The Morgan fingerprint density at radius 3 is 2.31 bits per heavy atom. The van der Waals surface area contributed by atoms with Gasteiger partial charge in [0.2, 0.25) is 0 Å². The lowest BCUT2D eigenvalue weighted by Gasteiger charge is -2.11. The Morgan fingerprint density at radius 2 is 1.50 bits per heavy atom. The summed E-state index contributed by atoms with van der Waals surface area (Å²) in [6.07, 6.45) is 0. The zero-order valence-corrected chi connectivity index (χ0v) is 14.4. The first-order valence-corrected chi connectivity index (χ1v) is 8.41. The quantitative estimate of drug-likeness (QED) is 0.404. The number of hydrogen-bond donors (Lipinski definition) is 2. The highest BCUT2D eigenvalue weighted by Gasteiger charge is 2.07. The van der Waals surface area contributed by atoms with Crippen LogP contribution in [-0.4, -0.2) is 13.1 Å². The Balaban J connectivity index is 1.74. The van der Waals surface area contributed by atoms with Gasteiger partial charge in [-0.15, -0.1) is 0 Å². The molecule has 0 amide bonds. The Hall–Kier alpha value is -3.53. The number of nitrogens with two attached hydrogens (primary N) is 1. The summed E-state index contributed by atoms with van der Waals surface area (Å²) in [6.45, 7) is 0. The van der Waals surface area contributed by atoms with Crippen molar-refractivity contribution in [2.75, 3.05) is 12.4 Å². The van der Waals surface area contributed by atoms with Crippen LogP contribution in [0.3, 0.4) is 0 Å². The van der Waals surface area contributed by atoms with Crippen molar-refractivity contribution in [1.82, 2.24) is 0 Å². The molecule has 0 atom stereocenters. The van der Waals surface area contributed by atoms with Crippen LogP contribution >= 0.6 is 0 Å². The summed E-state index contributed by atoms with van der Waals surface area (Å²) in [5.74, 6) is 1.16. The standard InChI is InChI=1S/C22H19N3O/c1-26-21-14-13-20(17-10-4-5-11-18(17)21)25-22(23)24-19-12-6-8-15-7-2-3-9-16(15)19/h2-14H,1H3,(H3,23,24,25). The first kappa shape index (κ1) is 16.0. The van der Waals surface area contributed by atoms with Crippen molar-refractivity contribution in [3.8, 4) is 5.75 Å². The van der Waals surface area contributed by atoms with Crippen molar-refractivity contribution in [1.29, 1.82) is 0 Å². The van der Waals surface area contributed by atoms with Crippen LogP contribution in [0.4, 0.5) is 11.4 Å². The summed E-state index contributed by atoms with van der Waals surface area (Å²) < 4.78 is 5.44. The van der Waals surface area contributed by atoms with Crippen LogP contribution in [0.5, 0.6) is 5.75 Å². The first-order valence-electron chi connectivity index (χ1n) is 8.41. The summed E-state index contributed by atoms with van der Waals surface area (Å²) in [7, 11) is 1.67. The van der Waals surface area contributed by atoms with Gasteiger partial charge >= 0.3 is 0 Å². The molecule has 26 heavy (non-hydrogen) atoms. The average molecular weight is 341 g/mol. The molecular weight excluding hydrogens is 322 g/mol. The molecule has 0 aliphatic heterocycles. The van der Waals surface area contributed by atoms with E-state index in [2.05, 4.69) is 28.5 Å². The molecule has 0 heterocycles. The largest absolute Gasteiger partial charge is 0.496 e. The molecule has 0 saturated carbocycles. The number of aliphatic imine (C=N–C) groups is 1. The van der Waals surface area contributed by atoms with Gasteiger partial charge in [-0.25, -0.2) is 4.99 Å². The normalized spacial score (nSPS) is 11.7. The zero-order valence-electron chi connectivity index (χ0n) is 14.4. The van der Waals surface area contributed by atoms with Crippen LogP contribution in [0.1, 0.15) is 0 Å². The van der Waals surface area contributed by atoms with Crippen LogP contribution in [-0.2, 0) is 0 Å². The molecule has 0 saturated heterocycles. The van der Waals surface area contributed by atoms with Crippen molar-refractivity contribution in [2.24, 2.45) is 10.7 Å². The third-order valence-electron chi connectivity index (χ3n) is 4.37. The summed E-state index contributed by atoms with van der Waals surface area (Å²) in [5, 5.41) is 7.48. The maximum absolute atomic E-state index is 6.20. The van der Waals surface area contributed by atoms with E-state index < -0.39 is 0 Å². The smallest absolute Gasteiger partial charge is 0.198 e. The summed E-state index contributed by atoms with van der Waals surface area (Å²) >= 11 is 0. The number of benzene rings is 4. The van der Waals surface area contributed by atoms with Crippen molar-refractivity contribution in [3.05, 3.63) is 78.9 Å². The fourth-order valence-corrected chi connectivity index (χ4v) is 3.16. The minimum Gasteiger partial charge on any atom is -0.496 e. The Morgan fingerprint density at radius 1 is 0.808 bits per heavy atom. The number of methoxy groups -OCH3 is 1. The molecular formula is C22H19N3O. The molecule has 0 spiro atoms. The van der Waals surface area contributed by atoms with E-state index in [0.717, 1.165) is 38.7 Å². The third kappa shape index (κ3) is 2.93. The number of guanidine groups is 1. The Kier molecular flexibility index (Phi) is 4.15. The molecule has 0 unspecified atom stereocenters. The van der Waals surface area contributed by atoms with Gasteiger partial charge in [0, 0.05) is 21.8 Å². The van der Waals surface area contributed by atoms with Gasteiger partial charge in [-0.2, -0.15) is 0 Å². The number of ether oxygens (including phenoxy) is 1. The van der Waals surface area contributed by atoms with Gasteiger partial charge in [0.1, 0.15) is 5.75 Å². The lowest BCUT2D eigenvalue weighted by atomic mass is 10.1. The van der Waals surface area contributed by atoms with E-state index in [4.69, 9.17) is 10.5 Å². The van der Waals surface area contributed by atoms with Gasteiger partial charge in [0.25, 0.3) is 0 Å². The minimum absolute atomic E-state index is 0.344.